The molecule has 1 aromatic carbocycles. The van der Waals surface area contributed by atoms with Crippen molar-refractivity contribution in [1.82, 2.24) is 14.6 Å². The van der Waals surface area contributed by atoms with Crippen molar-refractivity contribution in [2.24, 2.45) is 0 Å². The van der Waals surface area contributed by atoms with E-state index in [4.69, 9.17) is 4.74 Å². The van der Waals surface area contributed by atoms with Crippen molar-refractivity contribution in [3.05, 3.63) is 59.0 Å². The molecule has 3 aromatic rings. The highest BCUT2D eigenvalue weighted by molar-refractivity contribution is 5.51. The van der Waals surface area contributed by atoms with Crippen molar-refractivity contribution in [2.75, 3.05) is 0 Å². The fourth-order valence-electron chi connectivity index (χ4n) is 2.67. The first-order chi connectivity index (χ1) is 12.2. The molecule has 3 rings (SSSR count). The Labute approximate surface area is 145 Å². The molecule has 0 amide bonds. The predicted molar refractivity (Wildman–Crippen MR) is 82.8 cm³/mol. The topological polar surface area (TPSA) is 39.4 Å². The van der Waals surface area contributed by atoms with Gasteiger partial charge in [0, 0.05) is 12.5 Å². The zero-order chi connectivity index (χ0) is 19.1. The standard InChI is InChI=1S/C17H14F5N3O/c1-3-15-23-24-16-11(17(20,21)22)5-6-13(25(15)16)9(2)26-14-7-4-10(18)8-12(14)19/h4-9H,3H2,1-2H3/t9-/m1/s1. The number of rotatable bonds is 4. The quantitative estimate of drug-likeness (QED) is 0.623. The molecule has 0 aliphatic heterocycles. The molecule has 0 radical (unpaired) electrons. The minimum atomic E-state index is -4.59. The number of aryl methyl sites for hydroxylation is 1. The third-order valence-corrected chi connectivity index (χ3v) is 3.89. The Bertz CT molecular complexity index is 951. The average Bonchev–Trinajstić information content (AvgIpc) is 2.99. The van der Waals surface area contributed by atoms with Gasteiger partial charge < -0.3 is 4.74 Å². The summed E-state index contributed by atoms with van der Waals surface area (Å²) >= 11 is 0. The number of alkyl halides is 3. The number of aromatic nitrogens is 3. The lowest BCUT2D eigenvalue weighted by Crippen LogP contribution is -2.14. The second-order valence-corrected chi connectivity index (χ2v) is 5.63. The number of pyridine rings is 1. The second-order valence-electron chi connectivity index (χ2n) is 5.63. The second kappa shape index (κ2) is 6.54. The van der Waals surface area contributed by atoms with E-state index >= 15 is 0 Å². The number of hydrogen-bond donors (Lipinski definition) is 0. The highest BCUT2D eigenvalue weighted by Gasteiger charge is 2.35. The molecule has 2 aromatic heterocycles. The van der Waals surface area contributed by atoms with Crippen LogP contribution in [0.15, 0.2) is 30.3 Å². The molecule has 0 saturated carbocycles. The minimum absolute atomic E-state index is 0.210. The molecule has 4 nitrogen and oxygen atoms in total. The van der Waals surface area contributed by atoms with Crippen molar-refractivity contribution in [2.45, 2.75) is 32.5 Å². The van der Waals surface area contributed by atoms with Gasteiger partial charge in [0.1, 0.15) is 23.3 Å². The van der Waals surface area contributed by atoms with Crippen LogP contribution in [-0.2, 0) is 12.6 Å². The van der Waals surface area contributed by atoms with Gasteiger partial charge in [-0.15, -0.1) is 10.2 Å². The number of hydrogen-bond acceptors (Lipinski definition) is 3. The molecule has 0 bridgehead atoms. The van der Waals surface area contributed by atoms with E-state index in [-0.39, 0.29) is 11.4 Å². The zero-order valence-electron chi connectivity index (χ0n) is 13.8. The Hall–Kier alpha value is -2.71. The zero-order valence-corrected chi connectivity index (χ0v) is 13.8. The molecular formula is C17H14F5N3O. The van der Waals surface area contributed by atoms with Crippen molar-refractivity contribution < 1.29 is 26.7 Å². The van der Waals surface area contributed by atoms with Gasteiger partial charge in [-0.3, -0.25) is 4.40 Å². The maximum atomic E-state index is 13.8. The number of ether oxygens (including phenoxy) is 1. The molecule has 0 aliphatic rings. The summed E-state index contributed by atoms with van der Waals surface area (Å²) in [5.74, 6) is -1.56. The summed E-state index contributed by atoms with van der Waals surface area (Å²) in [4.78, 5) is 0. The number of nitrogens with zero attached hydrogens (tertiary/aromatic N) is 3. The van der Waals surface area contributed by atoms with Gasteiger partial charge in [0.15, 0.2) is 17.2 Å². The molecule has 0 N–H and O–H groups in total. The van der Waals surface area contributed by atoms with Crippen LogP contribution in [0.25, 0.3) is 5.65 Å². The molecule has 26 heavy (non-hydrogen) atoms. The summed E-state index contributed by atoms with van der Waals surface area (Å²) in [6.45, 7) is 3.27. The van der Waals surface area contributed by atoms with E-state index in [1.807, 2.05) is 0 Å². The van der Waals surface area contributed by atoms with Crippen molar-refractivity contribution in [3.8, 4) is 5.75 Å². The lowest BCUT2D eigenvalue weighted by atomic mass is 10.1. The van der Waals surface area contributed by atoms with Crippen LogP contribution in [0.1, 0.15) is 37.0 Å². The fraction of sp³-hybridized carbons (Fsp3) is 0.294. The van der Waals surface area contributed by atoms with Gasteiger partial charge in [-0.1, -0.05) is 6.92 Å². The Morgan fingerprint density at radius 1 is 1.12 bits per heavy atom. The highest BCUT2D eigenvalue weighted by Crippen LogP contribution is 2.34. The average molecular weight is 371 g/mol. The Balaban J connectivity index is 2.08. The van der Waals surface area contributed by atoms with Gasteiger partial charge in [-0.2, -0.15) is 13.2 Å². The van der Waals surface area contributed by atoms with Crippen LogP contribution in [0, 0.1) is 11.6 Å². The van der Waals surface area contributed by atoms with Gasteiger partial charge in [-0.25, -0.2) is 8.78 Å². The van der Waals surface area contributed by atoms with Gasteiger partial charge in [-0.05, 0) is 31.2 Å². The molecular weight excluding hydrogens is 357 g/mol. The van der Waals surface area contributed by atoms with Crippen LogP contribution < -0.4 is 4.74 Å². The minimum Gasteiger partial charge on any atom is -0.481 e. The van der Waals surface area contributed by atoms with E-state index in [0.29, 0.717) is 24.0 Å². The van der Waals surface area contributed by atoms with E-state index in [0.717, 1.165) is 18.2 Å². The van der Waals surface area contributed by atoms with Gasteiger partial charge >= 0.3 is 6.18 Å². The summed E-state index contributed by atoms with van der Waals surface area (Å²) in [5.41, 5.74) is -0.950. The SMILES string of the molecule is CCc1nnc2c(C(F)(F)F)ccc([C@@H](C)Oc3ccc(F)cc3F)n12. The highest BCUT2D eigenvalue weighted by atomic mass is 19.4. The maximum Gasteiger partial charge on any atom is 0.420 e. The van der Waals surface area contributed by atoms with Crippen LogP contribution in [0.4, 0.5) is 22.0 Å². The van der Waals surface area contributed by atoms with Crippen molar-refractivity contribution in [3.63, 3.8) is 0 Å². The lowest BCUT2D eigenvalue weighted by Gasteiger charge is -2.19. The Kier molecular flexibility index (Phi) is 4.55. The van der Waals surface area contributed by atoms with Crippen LogP contribution in [0.5, 0.6) is 5.75 Å². The molecule has 0 saturated heterocycles. The molecule has 9 heteroatoms. The predicted octanol–water partition coefficient (Wildman–Crippen LogP) is 4.73. The molecule has 138 valence electrons. The first kappa shape index (κ1) is 18.1. The maximum absolute atomic E-state index is 13.8. The van der Waals surface area contributed by atoms with E-state index in [9.17, 15) is 22.0 Å². The molecule has 2 heterocycles. The molecule has 0 fully saturated rings. The van der Waals surface area contributed by atoms with E-state index in [2.05, 4.69) is 10.2 Å². The van der Waals surface area contributed by atoms with E-state index in [1.54, 1.807) is 13.8 Å². The third kappa shape index (κ3) is 3.21. The van der Waals surface area contributed by atoms with E-state index in [1.165, 1.54) is 10.5 Å². The van der Waals surface area contributed by atoms with Crippen LogP contribution >= 0.6 is 0 Å². The third-order valence-electron chi connectivity index (χ3n) is 3.89. The largest absolute Gasteiger partial charge is 0.481 e. The van der Waals surface area contributed by atoms with Gasteiger partial charge in [0.05, 0.1) is 5.69 Å². The van der Waals surface area contributed by atoms with Gasteiger partial charge in [0.25, 0.3) is 0 Å². The molecule has 0 spiro atoms. The monoisotopic (exact) mass is 371 g/mol. The van der Waals surface area contributed by atoms with Crippen LogP contribution in [0.2, 0.25) is 0 Å². The molecule has 0 aliphatic carbocycles. The van der Waals surface area contributed by atoms with Crippen LogP contribution in [-0.4, -0.2) is 14.6 Å². The van der Waals surface area contributed by atoms with Crippen molar-refractivity contribution >= 4 is 5.65 Å². The first-order valence-electron chi connectivity index (χ1n) is 7.78. The first-order valence-corrected chi connectivity index (χ1v) is 7.78. The van der Waals surface area contributed by atoms with Gasteiger partial charge in [0.2, 0.25) is 0 Å². The normalized spacial score (nSPS) is 13.2. The summed E-state index contributed by atoms with van der Waals surface area (Å²) < 4.78 is 73.2. The Morgan fingerprint density at radius 2 is 1.85 bits per heavy atom. The lowest BCUT2D eigenvalue weighted by molar-refractivity contribution is -0.136. The molecule has 1 atom stereocenters. The van der Waals surface area contributed by atoms with Crippen molar-refractivity contribution in [1.29, 1.82) is 0 Å². The van der Waals surface area contributed by atoms with E-state index < -0.39 is 29.5 Å². The summed E-state index contributed by atoms with van der Waals surface area (Å²) in [5, 5.41) is 7.45. The number of fused-ring (bicyclic) bond motifs is 1. The van der Waals surface area contributed by atoms with Crippen LogP contribution in [0.3, 0.4) is 0 Å². The summed E-state index contributed by atoms with van der Waals surface area (Å²) in [7, 11) is 0. The number of halogens is 5. The smallest absolute Gasteiger partial charge is 0.420 e. The Morgan fingerprint density at radius 3 is 2.46 bits per heavy atom. The fourth-order valence-corrected chi connectivity index (χ4v) is 2.67. The molecule has 0 unspecified atom stereocenters. The number of benzene rings is 1. The summed E-state index contributed by atoms with van der Waals surface area (Å²) in [6.07, 6.45) is -5.08. The summed E-state index contributed by atoms with van der Waals surface area (Å²) in [6, 6.07) is 4.95.